The highest BCUT2D eigenvalue weighted by Crippen LogP contribution is 2.16. The summed E-state index contributed by atoms with van der Waals surface area (Å²) in [7, 11) is 1.49. The molecule has 1 rings (SSSR count). The monoisotopic (exact) mass is 279 g/mol. The lowest BCUT2D eigenvalue weighted by atomic mass is 10.1. The molecule has 2 atom stereocenters. The molecule has 2 unspecified atom stereocenters. The highest BCUT2D eigenvalue weighted by molar-refractivity contribution is 5.84. The lowest BCUT2D eigenvalue weighted by Crippen LogP contribution is -2.40. The van der Waals surface area contributed by atoms with Gasteiger partial charge in [-0.2, -0.15) is 0 Å². The van der Waals surface area contributed by atoms with E-state index in [1.165, 1.54) is 7.11 Å². The summed E-state index contributed by atoms with van der Waals surface area (Å²) in [6.45, 7) is 1.92. The maximum absolute atomic E-state index is 12.2. The van der Waals surface area contributed by atoms with Crippen LogP contribution in [0.15, 0.2) is 35.5 Å². The minimum Gasteiger partial charge on any atom is -0.409 e. The van der Waals surface area contributed by atoms with Crippen molar-refractivity contribution in [3.8, 4) is 0 Å². The zero-order chi connectivity index (χ0) is 15.0. The lowest BCUT2D eigenvalue weighted by Gasteiger charge is -2.21. The van der Waals surface area contributed by atoms with Crippen LogP contribution in [0.2, 0.25) is 0 Å². The second-order valence-corrected chi connectivity index (χ2v) is 4.44. The van der Waals surface area contributed by atoms with Crippen LogP contribution in [0.4, 0.5) is 0 Å². The number of oxime groups is 1. The summed E-state index contributed by atoms with van der Waals surface area (Å²) in [5.41, 5.74) is 6.25. The molecule has 0 heterocycles. The van der Waals surface area contributed by atoms with Crippen LogP contribution in [0.1, 0.15) is 31.4 Å². The van der Waals surface area contributed by atoms with Crippen molar-refractivity contribution >= 4 is 11.7 Å². The van der Waals surface area contributed by atoms with Gasteiger partial charge in [-0.05, 0) is 12.0 Å². The van der Waals surface area contributed by atoms with Crippen molar-refractivity contribution in [2.45, 2.75) is 31.9 Å². The first-order valence-electron chi connectivity index (χ1n) is 6.46. The Labute approximate surface area is 118 Å². The smallest absolute Gasteiger partial charge is 0.253 e. The minimum atomic E-state index is -0.669. The van der Waals surface area contributed by atoms with Crippen molar-refractivity contribution in [3.63, 3.8) is 0 Å². The number of benzene rings is 1. The number of amides is 1. The number of carbonyl (C=O) groups is 1. The molecule has 6 heteroatoms. The van der Waals surface area contributed by atoms with E-state index in [9.17, 15) is 4.79 Å². The van der Waals surface area contributed by atoms with E-state index < -0.39 is 6.10 Å². The summed E-state index contributed by atoms with van der Waals surface area (Å²) in [5.74, 6) is -0.151. The van der Waals surface area contributed by atoms with E-state index in [1.54, 1.807) is 0 Å². The number of amidine groups is 1. The third kappa shape index (κ3) is 4.55. The Morgan fingerprint density at radius 3 is 2.60 bits per heavy atom. The van der Waals surface area contributed by atoms with Crippen molar-refractivity contribution in [2.75, 3.05) is 7.11 Å². The highest BCUT2D eigenvalue weighted by Gasteiger charge is 2.22. The summed E-state index contributed by atoms with van der Waals surface area (Å²) in [6.07, 6.45) is 0.300. The molecule has 0 aliphatic heterocycles. The number of nitrogens with two attached hydrogens (primary N) is 1. The van der Waals surface area contributed by atoms with Crippen LogP contribution < -0.4 is 11.1 Å². The van der Waals surface area contributed by atoms with Gasteiger partial charge in [0.2, 0.25) is 0 Å². The lowest BCUT2D eigenvalue weighted by molar-refractivity contribution is -0.132. The summed E-state index contributed by atoms with van der Waals surface area (Å²) in [5, 5.41) is 14.3. The second-order valence-electron chi connectivity index (χ2n) is 4.44. The highest BCUT2D eigenvalue weighted by atomic mass is 16.5. The van der Waals surface area contributed by atoms with Crippen LogP contribution in [0.25, 0.3) is 0 Å². The van der Waals surface area contributed by atoms with Crippen LogP contribution in [0.5, 0.6) is 0 Å². The number of methoxy groups -OCH3 is 1. The Balaban J connectivity index is 2.72. The molecule has 0 radical (unpaired) electrons. The van der Waals surface area contributed by atoms with E-state index in [0.717, 1.165) is 5.56 Å². The van der Waals surface area contributed by atoms with Crippen molar-refractivity contribution in [1.82, 2.24) is 5.32 Å². The van der Waals surface area contributed by atoms with Gasteiger partial charge < -0.3 is 21.0 Å². The zero-order valence-corrected chi connectivity index (χ0v) is 11.7. The molecule has 20 heavy (non-hydrogen) atoms. The first-order valence-corrected chi connectivity index (χ1v) is 6.46. The van der Waals surface area contributed by atoms with Gasteiger partial charge in [0.05, 0.1) is 0 Å². The van der Waals surface area contributed by atoms with Crippen molar-refractivity contribution in [1.29, 1.82) is 0 Å². The summed E-state index contributed by atoms with van der Waals surface area (Å²) < 4.78 is 5.25. The molecule has 1 aromatic rings. The van der Waals surface area contributed by atoms with Gasteiger partial charge in [-0.3, -0.25) is 4.79 Å². The summed E-state index contributed by atoms with van der Waals surface area (Å²) in [4.78, 5) is 12.2. The molecule has 0 saturated heterocycles. The fraction of sp³-hybridized carbons (Fsp3) is 0.429. The van der Waals surface area contributed by atoms with Crippen LogP contribution in [0.3, 0.4) is 0 Å². The van der Waals surface area contributed by atoms with E-state index in [1.807, 2.05) is 37.3 Å². The van der Waals surface area contributed by atoms with Crippen LogP contribution in [-0.2, 0) is 9.53 Å². The molecule has 1 amide bonds. The van der Waals surface area contributed by atoms with Gasteiger partial charge in [0, 0.05) is 19.6 Å². The number of hydrogen-bond acceptors (Lipinski definition) is 4. The number of carbonyl (C=O) groups excluding carboxylic acids is 1. The van der Waals surface area contributed by atoms with Crippen molar-refractivity contribution < 1.29 is 14.7 Å². The summed E-state index contributed by atoms with van der Waals surface area (Å²) >= 11 is 0. The average molecular weight is 279 g/mol. The van der Waals surface area contributed by atoms with Gasteiger partial charge in [0.1, 0.15) is 5.84 Å². The zero-order valence-electron chi connectivity index (χ0n) is 11.7. The maximum atomic E-state index is 12.2. The fourth-order valence-electron chi connectivity index (χ4n) is 1.89. The molecule has 0 saturated carbocycles. The van der Waals surface area contributed by atoms with Gasteiger partial charge in [0.25, 0.3) is 5.91 Å². The SMILES string of the molecule is CCC(CC(N)=NO)NC(=O)C(OC)c1ccccc1. The fourth-order valence-corrected chi connectivity index (χ4v) is 1.89. The first kappa shape index (κ1) is 16.0. The molecule has 0 spiro atoms. The molecule has 6 nitrogen and oxygen atoms in total. The second kappa shape index (κ2) is 8.16. The van der Waals surface area contributed by atoms with Gasteiger partial charge in [-0.1, -0.05) is 42.4 Å². The number of nitrogens with one attached hydrogen (secondary N) is 1. The van der Waals surface area contributed by atoms with Crippen molar-refractivity contribution in [2.24, 2.45) is 10.9 Å². The standard InChI is InChI=1S/C14H21N3O3/c1-3-11(9-12(15)17-19)16-14(18)13(20-2)10-7-5-4-6-8-10/h4-8,11,13,19H,3,9H2,1-2H3,(H2,15,17)(H,16,18). The van der Waals surface area contributed by atoms with E-state index >= 15 is 0 Å². The van der Waals surface area contributed by atoms with Gasteiger partial charge in [-0.15, -0.1) is 0 Å². The van der Waals surface area contributed by atoms with Gasteiger partial charge in [-0.25, -0.2) is 0 Å². The Morgan fingerprint density at radius 1 is 1.45 bits per heavy atom. The Kier molecular flexibility index (Phi) is 6.52. The largest absolute Gasteiger partial charge is 0.409 e. The molecule has 1 aromatic carbocycles. The third-order valence-corrected chi connectivity index (χ3v) is 3.00. The molecular weight excluding hydrogens is 258 g/mol. The van der Waals surface area contributed by atoms with Crippen LogP contribution >= 0.6 is 0 Å². The molecule has 0 bridgehead atoms. The van der Waals surface area contributed by atoms with E-state index in [0.29, 0.717) is 12.8 Å². The molecule has 110 valence electrons. The predicted molar refractivity (Wildman–Crippen MR) is 76.4 cm³/mol. The minimum absolute atomic E-state index is 0.0887. The Bertz CT molecular complexity index is 448. The van der Waals surface area contributed by atoms with Gasteiger partial charge in [0.15, 0.2) is 6.10 Å². The summed E-state index contributed by atoms with van der Waals surface area (Å²) in [6, 6.07) is 9.04. The molecule has 0 fully saturated rings. The van der Waals surface area contributed by atoms with Gasteiger partial charge >= 0.3 is 0 Å². The van der Waals surface area contributed by atoms with E-state index in [-0.39, 0.29) is 17.8 Å². The Hall–Kier alpha value is -2.08. The van der Waals surface area contributed by atoms with E-state index in [4.69, 9.17) is 15.7 Å². The maximum Gasteiger partial charge on any atom is 0.253 e. The molecular formula is C14H21N3O3. The number of ether oxygens (including phenoxy) is 1. The topological polar surface area (TPSA) is 96.9 Å². The third-order valence-electron chi connectivity index (χ3n) is 3.00. The van der Waals surface area contributed by atoms with Crippen molar-refractivity contribution in [3.05, 3.63) is 35.9 Å². The number of nitrogens with zero attached hydrogens (tertiary/aromatic N) is 1. The molecule has 0 aliphatic carbocycles. The first-order chi connectivity index (χ1) is 9.62. The normalized spacial score (nSPS) is 14.6. The quantitative estimate of drug-likeness (QED) is 0.304. The Morgan fingerprint density at radius 2 is 2.10 bits per heavy atom. The molecule has 4 N–H and O–H groups in total. The van der Waals surface area contributed by atoms with E-state index in [2.05, 4.69) is 10.5 Å². The molecule has 0 aliphatic rings. The number of rotatable bonds is 7. The van der Waals surface area contributed by atoms with Crippen LogP contribution in [0, 0.1) is 0 Å². The predicted octanol–water partition coefficient (Wildman–Crippen LogP) is 1.41. The van der Waals surface area contributed by atoms with Crippen LogP contribution in [-0.4, -0.2) is 30.1 Å². The average Bonchev–Trinajstić information content (AvgIpc) is 2.48. The number of hydrogen-bond donors (Lipinski definition) is 3. The molecule has 0 aromatic heterocycles.